The molecule has 1 heterocycles. The first-order valence-electron chi connectivity index (χ1n) is 6.38. The van der Waals surface area contributed by atoms with Crippen molar-refractivity contribution in [3.05, 3.63) is 54.3 Å². The fourth-order valence-electron chi connectivity index (χ4n) is 2.37. The normalized spacial score (nSPS) is 17.4. The van der Waals surface area contributed by atoms with Gasteiger partial charge in [0.1, 0.15) is 0 Å². The summed E-state index contributed by atoms with van der Waals surface area (Å²) in [6, 6.07) is 10.5. The van der Waals surface area contributed by atoms with Gasteiger partial charge in [-0.15, -0.1) is 11.8 Å². The van der Waals surface area contributed by atoms with Crippen LogP contribution in [0.1, 0.15) is 18.0 Å². The number of rotatable bonds is 2. The highest BCUT2D eigenvalue weighted by Gasteiger charge is 2.22. The van der Waals surface area contributed by atoms with Gasteiger partial charge in [-0.05, 0) is 74.2 Å². The van der Waals surface area contributed by atoms with Crippen LogP contribution in [0.2, 0.25) is 5.02 Å². The zero-order chi connectivity index (χ0) is 15.0. The number of fused-ring (bicyclic) bond motifs is 1. The summed E-state index contributed by atoms with van der Waals surface area (Å²) >= 11 is 18.8. The largest absolute Gasteiger partial charge is 0.376 e. The molecule has 0 saturated carbocycles. The van der Waals surface area contributed by atoms with E-state index in [1.54, 1.807) is 0 Å². The van der Waals surface area contributed by atoms with Crippen molar-refractivity contribution in [3.8, 4) is 0 Å². The van der Waals surface area contributed by atoms with Crippen molar-refractivity contribution in [2.45, 2.75) is 17.4 Å². The lowest BCUT2D eigenvalue weighted by Crippen LogP contribution is -2.16. The highest BCUT2D eigenvalue weighted by atomic mass is 79.9. The molecule has 0 radical (unpaired) electrons. The van der Waals surface area contributed by atoms with E-state index in [4.69, 9.17) is 11.6 Å². The third-order valence-electron chi connectivity index (χ3n) is 3.34. The van der Waals surface area contributed by atoms with Crippen molar-refractivity contribution in [2.75, 3.05) is 11.1 Å². The molecule has 110 valence electrons. The third kappa shape index (κ3) is 3.63. The van der Waals surface area contributed by atoms with Crippen molar-refractivity contribution < 1.29 is 0 Å². The van der Waals surface area contributed by atoms with Gasteiger partial charge in [-0.2, -0.15) is 0 Å². The van der Waals surface area contributed by atoms with Crippen LogP contribution >= 0.6 is 71.2 Å². The van der Waals surface area contributed by atoms with E-state index >= 15 is 0 Å². The fourth-order valence-corrected chi connectivity index (χ4v) is 6.14. The zero-order valence-corrected chi connectivity index (χ0v) is 17.1. The second-order valence-electron chi connectivity index (χ2n) is 4.76. The van der Waals surface area contributed by atoms with Gasteiger partial charge in [-0.1, -0.05) is 27.5 Å². The number of thioether (sulfide) groups is 1. The summed E-state index contributed by atoms with van der Waals surface area (Å²) < 4.78 is 3.10. The average Bonchev–Trinajstić information content (AvgIpc) is 2.43. The molecule has 1 N–H and O–H groups in total. The Kier molecular flexibility index (Phi) is 5.27. The topological polar surface area (TPSA) is 12.0 Å². The lowest BCUT2D eigenvalue weighted by Gasteiger charge is -2.28. The van der Waals surface area contributed by atoms with E-state index in [1.165, 1.54) is 10.5 Å². The molecule has 1 unspecified atom stereocenters. The van der Waals surface area contributed by atoms with Crippen molar-refractivity contribution >= 4 is 76.8 Å². The molecule has 0 aliphatic carbocycles. The average molecular weight is 512 g/mol. The lowest BCUT2D eigenvalue weighted by molar-refractivity contribution is 0.727. The van der Waals surface area contributed by atoms with Crippen molar-refractivity contribution in [1.29, 1.82) is 0 Å². The number of anilines is 1. The Balaban J connectivity index is 1.96. The molecule has 1 aliphatic heterocycles. The predicted octanol–water partition coefficient (Wildman–Crippen LogP) is 7.28. The van der Waals surface area contributed by atoms with Crippen LogP contribution in [0, 0.1) is 0 Å². The van der Waals surface area contributed by atoms with E-state index in [9.17, 15) is 0 Å². The van der Waals surface area contributed by atoms with E-state index in [-0.39, 0.29) is 6.04 Å². The molecule has 0 bridgehead atoms. The van der Waals surface area contributed by atoms with E-state index in [0.717, 1.165) is 36.3 Å². The van der Waals surface area contributed by atoms with Crippen LogP contribution in [-0.4, -0.2) is 5.75 Å². The van der Waals surface area contributed by atoms with Crippen molar-refractivity contribution in [3.63, 3.8) is 0 Å². The summed E-state index contributed by atoms with van der Waals surface area (Å²) in [4.78, 5) is 1.31. The van der Waals surface area contributed by atoms with Gasteiger partial charge in [0.05, 0.1) is 11.7 Å². The zero-order valence-electron chi connectivity index (χ0n) is 10.8. The molecule has 1 nitrogen and oxygen atoms in total. The smallest absolute Gasteiger partial charge is 0.0634 e. The first-order chi connectivity index (χ1) is 10.0. The maximum atomic E-state index is 6.17. The van der Waals surface area contributed by atoms with Gasteiger partial charge < -0.3 is 5.32 Å². The van der Waals surface area contributed by atoms with E-state index in [2.05, 4.69) is 65.2 Å². The summed E-state index contributed by atoms with van der Waals surface area (Å²) in [6.07, 6.45) is 1.08. The predicted molar refractivity (Wildman–Crippen MR) is 103 cm³/mol. The van der Waals surface area contributed by atoms with Gasteiger partial charge in [0, 0.05) is 29.1 Å². The van der Waals surface area contributed by atoms with E-state index in [1.807, 2.05) is 30.0 Å². The molecule has 1 aliphatic rings. The third-order valence-corrected chi connectivity index (χ3v) is 6.40. The summed E-state index contributed by atoms with van der Waals surface area (Å²) in [5.41, 5.74) is 2.35. The highest BCUT2D eigenvalue weighted by molar-refractivity contribution is 9.11. The van der Waals surface area contributed by atoms with Crippen molar-refractivity contribution in [2.24, 2.45) is 0 Å². The first-order valence-corrected chi connectivity index (χ1v) is 10.1. The van der Waals surface area contributed by atoms with Crippen LogP contribution in [0.15, 0.2) is 48.6 Å². The van der Waals surface area contributed by atoms with Gasteiger partial charge in [0.25, 0.3) is 0 Å². The molecule has 1 atom stereocenters. The minimum Gasteiger partial charge on any atom is -0.376 e. The molecule has 0 fully saturated rings. The Bertz CT molecular complexity index is 670. The van der Waals surface area contributed by atoms with Crippen LogP contribution in [0.3, 0.4) is 0 Å². The van der Waals surface area contributed by atoms with Gasteiger partial charge in [-0.25, -0.2) is 0 Å². The van der Waals surface area contributed by atoms with Crippen LogP contribution in [-0.2, 0) is 0 Å². The molecule has 0 spiro atoms. The number of nitrogens with one attached hydrogen (secondary N) is 1. The molecule has 21 heavy (non-hydrogen) atoms. The maximum absolute atomic E-state index is 6.17. The molecule has 3 rings (SSSR count). The van der Waals surface area contributed by atoms with Gasteiger partial charge in [0.2, 0.25) is 0 Å². The molecule has 2 aromatic rings. The van der Waals surface area contributed by atoms with E-state index in [0.29, 0.717) is 0 Å². The Morgan fingerprint density at radius 2 is 1.81 bits per heavy atom. The second-order valence-corrected chi connectivity index (χ2v) is 8.96. The SMILES string of the molecule is Clc1ccc2c(c1)C(Nc1c(Br)cc(Br)cc1Br)CCS2. The Morgan fingerprint density at radius 3 is 2.52 bits per heavy atom. The summed E-state index contributed by atoms with van der Waals surface area (Å²) in [5.74, 6) is 1.11. The molecule has 2 aromatic carbocycles. The molecular formula is C15H11Br3ClNS. The Labute approximate surface area is 158 Å². The summed E-state index contributed by atoms with van der Waals surface area (Å²) in [7, 11) is 0. The van der Waals surface area contributed by atoms with Crippen molar-refractivity contribution in [1.82, 2.24) is 0 Å². The van der Waals surface area contributed by atoms with E-state index < -0.39 is 0 Å². The number of hydrogen-bond acceptors (Lipinski definition) is 2. The van der Waals surface area contributed by atoms with Crippen LogP contribution in [0.4, 0.5) is 5.69 Å². The summed E-state index contributed by atoms with van der Waals surface area (Å²) in [5, 5.41) is 4.43. The fraction of sp³-hybridized carbons (Fsp3) is 0.200. The molecule has 0 aromatic heterocycles. The monoisotopic (exact) mass is 509 g/mol. The standard InChI is InChI=1S/C15H11Br3ClNS/c16-8-5-11(17)15(12(18)6-8)20-13-3-4-21-14-2-1-9(19)7-10(13)14/h1-2,5-7,13,20H,3-4H2. The Hall–Kier alpha value is 0.320. The summed E-state index contributed by atoms with van der Waals surface area (Å²) in [6.45, 7) is 0. The van der Waals surface area contributed by atoms with Gasteiger partial charge >= 0.3 is 0 Å². The minimum atomic E-state index is 0.272. The van der Waals surface area contributed by atoms with Crippen LogP contribution < -0.4 is 5.32 Å². The highest BCUT2D eigenvalue weighted by Crippen LogP contribution is 2.42. The number of hydrogen-bond donors (Lipinski definition) is 1. The molecule has 0 amide bonds. The maximum Gasteiger partial charge on any atom is 0.0634 e. The minimum absolute atomic E-state index is 0.272. The first kappa shape index (κ1) is 16.2. The van der Waals surface area contributed by atoms with Gasteiger partial charge in [0.15, 0.2) is 0 Å². The quantitative estimate of drug-likeness (QED) is 0.454. The second kappa shape index (κ2) is 6.83. The molecule has 0 saturated heterocycles. The Morgan fingerprint density at radius 1 is 1.10 bits per heavy atom. The van der Waals surface area contributed by atoms with Gasteiger partial charge in [-0.3, -0.25) is 0 Å². The number of benzene rings is 2. The van der Waals surface area contributed by atoms with Crippen LogP contribution in [0.25, 0.3) is 0 Å². The molecule has 6 heteroatoms. The number of halogens is 4. The van der Waals surface area contributed by atoms with Crippen LogP contribution in [0.5, 0.6) is 0 Å². The lowest BCUT2D eigenvalue weighted by atomic mass is 10.0. The molecular weight excluding hydrogens is 501 g/mol.